The van der Waals surface area contributed by atoms with E-state index >= 15 is 0 Å². The van der Waals surface area contributed by atoms with E-state index < -0.39 is 6.04 Å². The molecular weight excluding hydrogens is 368 g/mol. The van der Waals surface area contributed by atoms with Crippen molar-refractivity contribution in [1.29, 1.82) is 0 Å². The second-order valence-electron chi connectivity index (χ2n) is 7.17. The van der Waals surface area contributed by atoms with Gasteiger partial charge in [-0.25, -0.2) is 9.97 Å². The summed E-state index contributed by atoms with van der Waals surface area (Å²) in [5.41, 5.74) is 7.43. The minimum atomic E-state index is -0.499. The van der Waals surface area contributed by atoms with Gasteiger partial charge >= 0.3 is 0 Å². The molecule has 1 unspecified atom stereocenters. The molecule has 1 aromatic heterocycles. The van der Waals surface area contributed by atoms with Gasteiger partial charge in [-0.15, -0.1) is 0 Å². The number of amides is 2. The van der Waals surface area contributed by atoms with Crippen LogP contribution in [-0.2, 0) is 16.0 Å². The van der Waals surface area contributed by atoms with Crippen molar-refractivity contribution in [3.63, 3.8) is 0 Å². The molecule has 1 aliphatic rings. The van der Waals surface area contributed by atoms with Crippen LogP contribution < -0.4 is 16.0 Å². The van der Waals surface area contributed by atoms with Crippen LogP contribution in [0, 0.1) is 0 Å². The number of anilines is 2. The van der Waals surface area contributed by atoms with Gasteiger partial charge in [-0.3, -0.25) is 9.59 Å². The predicted octanol–water partition coefficient (Wildman–Crippen LogP) is 1.43. The molecule has 1 aliphatic heterocycles. The molecule has 154 valence electrons. The summed E-state index contributed by atoms with van der Waals surface area (Å²) in [6.45, 7) is 4.74. The Kier molecular flexibility index (Phi) is 7.13. The lowest BCUT2D eigenvalue weighted by Crippen LogP contribution is -2.49. The maximum Gasteiger partial charge on any atom is 0.241 e. The highest BCUT2D eigenvalue weighted by Crippen LogP contribution is 2.14. The first-order chi connectivity index (χ1) is 14.1. The zero-order chi connectivity index (χ0) is 20.6. The van der Waals surface area contributed by atoms with Crippen LogP contribution in [-0.4, -0.2) is 58.9 Å². The average molecular weight is 396 g/mol. The van der Waals surface area contributed by atoms with Crippen molar-refractivity contribution >= 4 is 23.5 Å². The quantitative estimate of drug-likeness (QED) is 0.734. The van der Waals surface area contributed by atoms with E-state index in [9.17, 15) is 9.59 Å². The summed E-state index contributed by atoms with van der Waals surface area (Å²) >= 11 is 0. The Morgan fingerprint density at radius 3 is 2.38 bits per heavy atom. The molecule has 0 saturated carbocycles. The van der Waals surface area contributed by atoms with E-state index in [4.69, 9.17) is 5.73 Å². The van der Waals surface area contributed by atoms with Crippen LogP contribution in [0.1, 0.15) is 25.3 Å². The summed E-state index contributed by atoms with van der Waals surface area (Å²) < 4.78 is 0. The van der Waals surface area contributed by atoms with E-state index in [0.717, 1.165) is 25.1 Å². The van der Waals surface area contributed by atoms with Gasteiger partial charge in [-0.2, -0.15) is 0 Å². The molecule has 3 rings (SSSR count). The van der Waals surface area contributed by atoms with E-state index in [2.05, 4.69) is 20.2 Å². The third-order valence-corrected chi connectivity index (χ3v) is 4.98. The molecule has 2 heterocycles. The normalized spacial score (nSPS) is 15.1. The zero-order valence-corrected chi connectivity index (χ0v) is 16.8. The van der Waals surface area contributed by atoms with Crippen molar-refractivity contribution in [1.82, 2.24) is 14.9 Å². The van der Waals surface area contributed by atoms with Crippen molar-refractivity contribution in [2.75, 3.05) is 36.4 Å². The van der Waals surface area contributed by atoms with E-state index in [0.29, 0.717) is 37.6 Å². The number of benzene rings is 1. The van der Waals surface area contributed by atoms with Gasteiger partial charge < -0.3 is 20.9 Å². The van der Waals surface area contributed by atoms with Crippen molar-refractivity contribution < 1.29 is 9.59 Å². The van der Waals surface area contributed by atoms with Crippen LogP contribution in [0.25, 0.3) is 0 Å². The van der Waals surface area contributed by atoms with Gasteiger partial charge in [0.2, 0.25) is 17.8 Å². The van der Waals surface area contributed by atoms with Crippen molar-refractivity contribution in [2.45, 2.75) is 32.2 Å². The molecule has 8 heteroatoms. The molecule has 2 aromatic rings. The summed E-state index contributed by atoms with van der Waals surface area (Å²) in [6, 6.07) is 8.65. The summed E-state index contributed by atoms with van der Waals surface area (Å²) in [4.78, 5) is 37.1. The number of rotatable bonds is 7. The number of carbonyl (C=O) groups excluding carboxylic acids is 2. The van der Waals surface area contributed by atoms with Crippen molar-refractivity contribution in [3.8, 4) is 0 Å². The number of hydrogen-bond acceptors (Lipinski definition) is 6. The van der Waals surface area contributed by atoms with Crippen LogP contribution in [0.5, 0.6) is 0 Å². The first kappa shape index (κ1) is 20.7. The highest BCUT2D eigenvalue weighted by Gasteiger charge is 2.22. The van der Waals surface area contributed by atoms with Gasteiger partial charge in [0.1, 0.15) is 0 Å². The minimum Gasteiger partial charge on any atom is -0.339 e. The third kappa shape index (κ3) is 5.74. The number of hydrogen-bond donors (Lipinski definition) is 2. The molecule has 1 saturated heterocycles. The number of nitrogens with zero attached hydrogens (tertiary/aromatic N) is 4. The zero-order valence-electron chi connectivity index (χ0n) is 16.8. The van der Waals surface area contributed by atoms with Gasteiger partial charge in [0.25, 0.3) is 0 Å². The van der Waals surface area contributed by atoms with Gasteiger partial charge in [-0.05, 0) is 30.2 Å². The van der Waals surface area contributed by atoms with Crippen LogP contribution >= 0.6 is 0 Å². The summed E-state index contributed by atoms with van der Waals surface area (Å²) in [7, 11) is 0. The van der Waals surface area contributed by atoms with Gasteiger partial charge in [0.05, 0.1) is 12.5 Å². The largest absolute Gasteiger partial charge is 0.339 e. The third-order valence-electron chi connectivity index (χ3n) is 4.98. The summed E-state index contributed by atoms with van der Waals surface area (Å²) in [5.74, 6) is 0.618. The average Bonchev–Trinajstić information content (AvgIpc) is 2.76. The van der Waals surface area contributed by atoms with Gasteiger partial charge in [0, 0.05) is 44.3 Å². The number of nitrogens with one attached hydrogen (secondary N) is 1. The second-order valence-corrected chi connectivity index (χ2v) is 7.17. The molecule has 0 bridgehead atoms. The Hall–Kier alpha value is -3.00. The van der Waals surface area contributed by atoms with E-state index in [1.54, 1.807) is 18.5 Å². The molecule has 1 aromatic carbocycles. The highest BCUT2D eigenvalue weighted by atomic mass is 16.2. The maximum atomic E-state index is 12.6. The first-order valence-electron chi connectivity index (χ1n) is 10.0. The molecule has 0 aliphatic carbocycles. The Morgan fingerprint density at radius 2 is 1.76 bits per heavy atom. The molecule has 29 heavy (non-hydrogen) atoms. The SMILES string of the molecule is CCCC(N)C(=O)Nc1ccc(CC(=O)N2CCN(c3ncccn3)CC2)cc1. The number of nitrogens with two attached hydrogens (primary N) is 1. The Labute approximate surface area is 171 Å². The van der Waals surface area contributed by atoms with E-state index in [1.165, 1.54) is 0 Å². The fraction of sp³-hybridized carbons (Fsp3) is 0.429. The standard InChI is InChI=1S/C21H28N6O2/c1-2-4-18(22)20(29)25-17-7-5-16(6-8-17)15-19(28)26-11-13-27(14-12-26)21-23-9-3-10-24-21/h3,5-10,18H,2,4,11-15,22H2,1H3,(H,25,29). The second kappa shape index (κ2) is 9.97. The lowest BCUT2D eigenvalue weighted by atomic mass is 10.1. The Balaban J connectivity index is 1.48. The molecular formula is C21H28N6O2. The van der Waals surface area contributed by atoms with E-state index in [1.807, 2.05) is 36.1 Å². The lowest BCUT2D eigenvalue weighted by Gasteiger charge is -2.34. The molecule has 0 radical (unpaired) electrons. The number of piperazine rings is 1. The van der Waals surface area contributed by atoms with E-state index in [-0.39, 0.29) is 11.8 Å². The summed E-state index contributed by atoms with van der Waals surface area (Å²) in [6.07, 6.45) is 5.31. The van der Waals surface area contributed by atoms with Crippen molar-refractivity contribution in [2.24, 2.45) is 5.73 Å². The highest BCUT2D eigenvalue weighted by molar-refractivity contribution is 5.94. The molecule has 8 nitrogen and oxygen atoms in total. The molecule has 2 amide bonds. The fourth-order valence-corrected chi connectivity index (χ4v) is 3.28. The monoisotopic (exact) mass is 396 g/mol. The van der Waals surface area contributed by atoms with Gasteiger partial charge in [-0.1, -0.05) is 25.5 Å². The van der Waals surface area contributed by atoms with Crippen molar-refractivity contribution in [3.05, 3.63) is 48.3 Å². The maximum absolute atomic E-state index is 12.6. The first-order valence-corrected chi connectivity index (χ1v) is 10.0. The molecule has 0 spiro atoms. The topological polar surface area (TPSA) is 104 Å². The summed E-state index contributed by atoms with van der Waals surface area (Å²) in [5, 5.41) is 2.81. The predicted molar refractivity (Wildman–Crippen MR) is 112 cm³/mol. The van der Waals surface area contributed by atoms with Crippen LogP contribution in [0.15, 0.2) is 42.7 Å². The molecule has 1 fully saturated rings. The Morgan fingerprint density at radius 1 is 1.10 bits per heavy atom. The number of carbonyl (C=O) groups is 2. The van der Waals surface area contributed by atoms with Crippen LogP contribution in [0.4, 0.5) is 11.6 Å². The molecule has 1 atom stereocenters. The fourth-order valence-electron chi connectivity index (χ4n) is 3.28. The lowest BCUT2D eigenvalue weighted by molar-refractivity contribution is -0.130. The Bertz CT molecular complexity index is 804. The number of aromatic nitrogens is 2. The van der Waals surface area contributed by atoms with Crippen LogP contribution in [0.3, 0.4) is 0 Å². The van der Waals surface area contributed by atoms with Gasteiger partial charge in [0.15, 0.2) is 0 Å². The molecule has 3 N–H and O–H groups in total. The minimum absolute atomic E-state index is 0.0976. The smallest absolute Gasteiger partial charge is 0.241 e. The van der Waals surface area contributed by atoms with Crippen LogP contribution in [0.2, 0.25) is 0 Å².